The maximum atomic E-state index is 11.7. The van der Waals surface area contributed by atoms with Gasteiger partial charge in [0.05, 0.1) is 0 Å². The molecule has 0 aliphatic heterocycles. The molecule has 0 unspecified atom stereocenters. The van der Waals surface area contributed by atoms with Crippen LogP contribution in [0.3, 0.4) is 0 Å². The van der Waals surface area contributed by atoms with Crippen LogP contribution in [-0.2, 0) is 0 Å². The lowest BCUT2D eigenvalue weighted by atomic mass is 10.1. The molecule has 0 aliphatic carbocycles. The lowest BCUT2D eigenvalue weighted by Gasteiger charge is -1.95. The van der Waals surface area contributed by atoms with Gasteiger partial charge < -0.3 is 10.2 Å². The van der Waals surface area contributed by atoms with Gasteiger partial charge in [-0.15, -0.1) is 0 Å². The second-order valence-electron chi connectivity index (χ2n) is 3.68. The third kappa shape index (κ3) is 2.89. The number of Topliss-reactive ketones (excluding diaryl/α,β-unsaturated/α-hetero) is 1. The van der Waals surface area contributed by atoms with Gasteiger partial charge in [-0.1, -0.05) is 36.3 Å². The van der Waals surface area contributed by atoms with Crippen LogP contribution in [0.1, 0.15) is 15.9 Å². The Kier molecular flexibility index (Phi) is 3.31. The van der Waals surface area contributed by atoms with E-state index in [0.29, 0.717) is 11.1 Å². The largest absolute Gasteiger partial charge is 0.508 e. The van der Waals surface area contributed by atoms with Crippen LogP contribution in [0.5, 0.6) is 11.5 Å². The lowest BCUT2D eigenvalue weighted by Crippen LogP contribution is -1.93. The van der Waals surface area contributed by atoms with Gasteiger partial charge in [-0.05, 0) is 18.1 Å². The van der Waals surface area contributed by atoms with Gasteiger partial charge in [0.15, 0.2) is 0 Å². The molecular weight excluding hydrogens is 228 g/mol. The second kappa shape index (κ2) is 5.07. The molecule has 0 atom stereocenters. The van der Waals surface area contributed by atoms with Crippen LogP contribution in [0, 0.1) is 11.8 Å². The van der Waals surface area contributed by atoms with Crippen LogP contribution >= 0.6 is 0 Å². The minimum Gasteiger partial charge on any atom is -0.508 e. The smallest absolute Gasteiger partial charge is 0.236 e. The number of aromatic hydroxyl groups is 2. The Labute approximate surface area is 104 Å². The van der Waals surface area contributed by atoms with E-state index in [0.717, 1.165) is 0 Å². The Bertz CT molecular complexity index is 614. The highest BCUT2D eigenvalue weighted by molar-refractivity contribution is 6.09. The average molecular weight is 238 g/mol. The molecule has 0 saturated heterocycles. The molecule has 2 N–H and O–H groups in total. The predicted molar refractivity (Wildman–Crippen MR) is 67.4 cm³/mol. The van der Waals surface area contributed by atoms with E-state index in [1.807, 2.05) is 6.07 Å². The Morgan fingerprint density at radius 2 is 1.56 bits per heavy atom. The van der Waals surface area contributed by atoms with Crippen molar-refractivity contribution in [3.05, 3.63) is 59.7 Å². The number of benzene rings is 2. The number of hydrogen-bond donors (Lipinski definition) is 2. The number of hydrogen-bond acceptors (Lipinski definition) is 3. The topological polar surface area (TPSA) is 57.5 Å². The molecular formula is C15H10O3. The minimum absolute atomic E-state index is 0.0912. The number of carbonyl (C=O) groups excluding carboxylic acids is 1. The van der Waals surface area contributed by atoms with E-state index in [2.05, 4.69) is 11.8 Å². The van der Waals surface area contributed by atoms with E-state index >= 15 is 0 Å². The molecule has 0 spiro atoms. The Hall–Kier alpha value is -2.73. The van der Waals surface area contributed by atoms with Crippen molar-refractivity contribution in [3.63, 3.8) is 0 Å². The van der Waals surface area contributed by atoms with Crippen LogP contribution in [0.2, 0.25) is 0 Å². The maximum absolute atomic E-state index is 11.7. The zero-order chi connectivity index (χ0) is 13.0. The molecule has 3 heteroatoms. The number of phenols is 2. The molecule has 0 saturated carbocycles. The third-order valence-corrected chi connectivity index (χ3v) is 2.26. The zero-order valence-corrected chi connectivity index (χ0v) is 9.42. The summed E-state index contributed by atoms with van der Waals surface area (Å²) >= 11 is 0. The number of ketones is 1. The summed E-state index contributed by atoms with van der Waals surface area (Å²) in [6, 6.07) is 12.6. The van der Waals surface area contributed by atoms with Crippen molar-refractivity contribution in [2.75, 3.05) is 0 Å². The van der Waals surface area contributed by atoms with Crippen LogP contribution in [0.15, 0.2) is 48.5 Å². The van der Waals surface area contributed by atoms with Crippen LogP contribution in [-0.4, -0.2) is 16.0 Å². The summed E-state index contributed by atoms with van der Waals surface area (Å²) in [6.07, 6.45) is 0. The molecule has 2 aromatic carbocycles. The van der Waals surface area contributed by atoms with E-state index < -0.39 is 0 Å². The first kappa shape index (κ1) is 11.7. The van der Waals surface area contributed by atoms with Crippen LogP contribution in [0.4, 0.5) is 0 Å². The van der Waals surface area contributed by atoms with Gasteiger partial charge in [0, 0.05) is 17.2 Å². The van der Waals surface area contributed by atoms with Gasteiger partial charge in [-0.3, -0.25) is 4.79 Å². The van der Waals surface area contributed by atoms with Gasteiger partial charge >= 0.3 is 0 Å². The Morgan fingerprint density at radius 3 is 2.17 bits per heavy atom. The van der Waals surface area contributed by atoms with Crippen molar-refractivity contribution < 1.29 is 15.0 Å². The van der Waals surface area contributed by atoms with Gasteiger partial charge in [-0.2, -0.15) is 0 Å². The molecule has 2 aromatic rings. The molecule has 0 aliphatic rings. The monoisotopic (exact) mass is 238 g/mol. The Balaban J connectivity index is 2.25. The van der Waals surface area contributed by atoms with Crippen molar-refractivity contribution in [2.24, 2.45) is 0 Å². The molecule has 0 heterocycles. The molecule has 0 amide bonds. The SMILES string of the molecule is O=C(C#Cc1cc(O)cc(O)c1)c1ccccc1. The summed E-state index contributed by atoms with van der Waals surface area (Å²) in [5.41, 5.74) is 0.895. The first-order chi connectivity index (χ1) is 8.65. The molecule has 2 rings (SSSR count). The standard InChI is InChI=1S/C15H10O3/c16-13-8-11(9-14(17)10-13)6-7-15(18)12-4-2-1-3-5-12/h1-5,8-10,16-17H. The van der Waals surface area contributed by atoms with Crippen LogP contribution < -0.4 is 0 Å². The summed E-state index contributed by atoms with van der Waals surface area (Å²) in [6.45, 7) is 0. The van der Waals surface area contributed by atoms with Crippen molar-refractivity contribution >= 4 is 5.78 Å². The molecule has 0 fully saturated rings. The molecule has 0 aromatic heterocycles. The Morgan fingerprint density at radius 1 is 0.944 bits per heavy atom. The van der Waals surface area contributed by atoms with Gasteiger partial charge in [0.25, 0.3) is 0 Å². The summed E-state index contributed by atoms with van der Waals surface area (Å²) in [5, 5.41) is 18.5. The van der Waals surface area contributed by atoms with Crippen LogP contribution in [0.25, 0.3) is 0 Å². The lowest BCUT2D eigenvalue weighted by molar-refractivity contribution is 0.105. The maximum Gasteiger partial charge on any atom is 0.236 e. The normalized spacial score (nSPS) is 9.33. The highest BCUT2D eigenvalue weighted by Crippen LogP contribution is 2.19. The van der Waals surface area contributed by atoms with Crippen molar-refractivity contribution in [2.45, 2.75) is 0 Å². The minimum atomic E-state index is -0.307. The highest BCUT2D eigenvalue weighted by Gasteiger charge is 2.00. The van der Waals surface area contributed by atoms with Gasteiger partial charge in [0.2, 0.25) is 5.78 Å². The fourth-order valence-electron chi connectivity index (χ4n) is 1.46. The number of rotatable bonds is 1. The van der Waals surface area contributed by atoms with E-state index in [9.17, 15) is 15.0 Å². The molecule has 3 nitrogen and oxygen atoms in total. The third-order valence-electron chi connectivity index (χ3n) is 2.26. The summed E-state index contributed by atoms with van der Waals surface area (Å²) < 4.78 is 0. The molecule has 88 valence electrons. The van der Waals surface area contributed by atoms with Crippen molar-refractivity contribution in [3.8, 4) is 23.3 Å². The number of phenolic OH excluding ortho intramolecular Hbond substituents is 2. The highest BCUT2D eigenvalue weighted by atomic mass is 16.3. The second-order valence-corrected chi connectivity index (χ2v) is 3.68. The average Bonchev–Trinajstić information content (AvgIpc) is 2.36. The van der Waals surface area contributed by atoms with E-state index in [-0.39, 0.29) is 17.3 Å². The quantitative estimate of drug-likeness (QED) is 0.592. The van der Waals surface area contributed by atoms with Crippen molar-refractivity contribution in [1.29, 1.82) is 0 Å². The predicted octanol–water partition coefficient (Wildman–Crippen LogP) is 2.33. The molecule has 18 heavy (non-hydrogen) atoms. The van der Waals surface area contributed by atoms with Gasteiger partial charge in [0.1, 0.15) is 11.5 Å². The fourth-order valence-corrected chi connectivity index (χ4v) is 1.46. The van der Waals surface area contributed by atoms with E-state index in [1.54, 1.807) is 24.3 Å². The fraction of sp³-hybridized carbons (Fsp3) is 0. The molecule has 0 bridgehead atoms. The van der Waals surface area contributed by atoms with Gasteiger partial charge in [-0.25, -0.2) is 0 Å². The summed E-state index contributed by atoms with van der Waals surface area (Å²) in [7, 11) is 0. The summed E-state index contributed by atoms with van der Waals surface area (Å²) in [5.74, 6) is 4.57. The first-order valence-corrected chi connectivity index (χ1v) is 5.29. The van der Waals surface area contributed by atoms with E-state index in [1.165, 1.54) is 18.2 Å². The molecule has 0 radical (unpaired) electrons. The first-order valence-electron chi connectivity index (χ1n) is 5.29. The number of carbonyl (C=O) groups is 1. The van der Waals surface area contributed by atoms with Crippen molar-refractivity contribution in [1.82, 2.24) is 0 Å². The zero-order valence-electron chi connectivity index (χ0n) is 9.42. The van der Waals surface area contributed by atoms with E-state index in [4.69, 9.17) is 0 Å². The summed E-state index contributed by atoms with van der Waals surface area (Å²) in [4.78, 5) is 11.7.